The Kier molecular flexibility index (Phi) is 10.5. The fourth-order valence-electron chi connectivity index (χ4n) is 1.66. The molecule has 13 heavy (non-hydrogen) atoms. The van der Waals surface area contributed by atoms with E-state index in [2.05, 4.69) is 20.8 Å². The lowest BCUT2D eigenvalue weighted by atomic mass is 10.6. The van der Waals surface area contributed by atoms with Gasteiger partial charge in [-0.15, -0.1) is 0 Å². The molecule has 1 fully saturated rings. The zero-order chi connectivity index (χ0) is 9.94. The highest BCUT2D eigenvalue weighted by molar-refractivity contribution is 6.58. The minimum absolute atomic E-state index is 0.234. The van der Waals surface area contributed by atoms with Gasteiger partial charge >= 0.3 is 0 Å². The van der Waals surface area contributed by atoms with Crippen molar-refractivity contribution in [2.24, 2.45) is 0 Å². The first kappa shape index (κ1) is 13.2. The molecule has 0 bridgehead atoms. The molecule has 0 heterocycles. The minimum Gasteiger partial charge on any atom is -0.0657 e. The maximum atomic E-state index is 2.32. The fourth-order valence-corrected chi connectivity index (χ4v) is 4.97. The van der Waals surface area contributed by atoms with Gasteiger partial charge in [-0.3, -0.25) is 0 Å². The van der Waals surface area contributed by atoms with E-state index in [1.54, 1.807) is 18.1 Å². The largest absolute Gasteiger partial charge is 0.0657 e. The molecule has 0 N–H and O–H groups in total. The van der Waals surface area contributed by atoms with Crippen molar-refractivity contribution >= 4 is 8.80 Å². The van der Waals surface area contributed by atoms with Crippen molar-refractivity contribution in [1.82, 2.24) is 0 Å². The van der Waals surface area contributed by atoms with Gasteiger partial charge in [-0.25, -0.2) is 0 Å². The van der Waals surface area contributed by atoms with Crippen molar-refractivity contribution in [3.05, 3.63) is 0 Å². The van der Waals surface area contributed by atoms with Gasteiger partial charge in [-0.05, 0) is 0 Å². The summed E-state index contributed by atoms with van der Waals surface area (Å²) in [4.78, 5) is 0. The minimum atomic E-state index is -0.234. The van der Waals surface area contributed by atoms with Crippen molar-refractivity contribution in [2.45, 2.75) is 77.4 Å². The summed E-state index contributed by atoms with van der Waals surface area (Å²) in [5.41, 5.74) is 0. The Labute approximate surface area is 86.7 Å². The third-order valence-electron chi connectivity index (χ3n) is 2.44. The quantitative estimate of drug-likeness (QED) is 0.549. The summed E-state index contributed by atoms with van der Waals surface area (Å²) in [6.45, 7) is 6.97. The van der Waals surface area contributed by atoms with E-state index in [0.29, 0.717) is 0 Å². The van der Waals surface area contributed by atoms with Gasteiger partial charge < -0.3 is 0 Å². The normalized spacial score (nSPS) is 13.8. The Morgan fingerprint density at radius 3 is 1.15 bits per heavy atom. The third-order valence-corrected chi connectivity index (χ3v) is 6.63. The van der Waals surface area contributed by atoms with Crippen molar-refractivity contribution in [2.75, 3.05) is 0 Å². The summed E-state index contributed by atoms with van der Waals surface area (Å²) in [5.74, 6) is 0. The van der Waals surface area contributed by atoms with E-state index in [1.165, 1.54) is 38.5 Å². The molecule has 0 unspecified atom stereocenters. The molecule has 1 rings (SSSR count). The molecule has 0 aromatic carbocycles. The first-order valence-electron chi connectivity index (χ1n) is 6.35. The van der Waals surface area contributed by atoms with E-state index in [-0.39, 0.29) is 8.80 Å². The van der Waals surface area contributed by atoms with Crippen LogP contribution in [0.2, 0.25) is 18.1 Å². The zero-order valence-electron chi connectivity index (χ0n) is 9.94. The second-order valence-corrected chi connectivity index (χ2v) is 7.76. The summed E-state index contributed by atoms with van der Waals surface area (Å²) in [7, 11) is -0.234. The van der Waals surface area contributed by atoms with Crippen LogP contribution < -0.4 is 0 Å². The first-order valence-corrected chi connectivity index (χ1v) is 8.80. The average Bonchev–Trinajstić information content (AvgIpc) is 2.91. The SMILES string of the molecule is C1CC1.CCC[SiH](CCC)CCC. The van der Waals surface area contributed by atoms with E-state index in [0.717, 1.165) is 0 Å². The molecule has 0 saturated heterocycles. The molecule has 1 saturated carbocycles. The van der Waals surface area contributed by atoms with Gasteiger partial charge in [-0.1, -0.05) is 77.4 Å². The van der Waals surface area contributed by atoms with Gasteiger partial charge in [-0.2, -0.15) is 0 Å². The molecule has 1 aliphatic carbocycles. The molecule has 0 aliphatic heterocycles. The number of hydrogen-bond donors (Lipinski definition) is 0. The van der Waals surface area contributed by atoms with E-state index in [1.807, 2.05) is 0 Å². The molecule has 1 heteroatoms. The Bertz CT molecular complexity index is 72.1. The lowest BCUT2D eigenvalue weighted by Gasteiger charge is -2.10. The van der Waals surface area contributed by atoms with Crippen molar-refractivity contribution in [1.29, 1.82) is 0 Å². The molecule has 0 spiro atoms. The molecule has 0 aromatic rings. The zero-order valence-corrected chi connectivity index (χ0v) is 11.1. The van der Waals surface area contributed by atoms with Crippen molar-refractivity contribution < 1.29 is 0 Å². The third kappa shape index (κ3) is 12.2. The molecule has 0 atom stereocenters. The molecular formula is C12H28Si. The highest BCUT2D eigenvalue weighted by Gasteiger charge is 2.05. The maximum absolute atomic E-state index is 2.32. The fraction of sp³-hybridized carbons (Fsp3) is 1.00. The second-order valence-electron chi connectivity index (χ2n) is 4.29. The lowest BCUT2D eigenvalue weighted by molar-refractivity contribution is 0.957. The van der Waals surface area contributed by atoms with Gasteiger partial charge in [0.1, 0.15) is 0 Å². The van der Waals surface area contributed by atoms with Crippen LogP contribution in [-0.2, 0) is 0 Å². The van der Waals surface area contributed by atoms with Crippen LogP contribution in [-0.4, -0.2) is 8.80 Å². The Morgan fingerprint density at radius 2 is 1.00 bits per heavy atom. The topological polar surface area (TPSA) is 0 Å². The monoisotopic (exact) mass is 200 g/mol. The summed E-state index contributed by atoms with van der Waals surface area (Å²) < 4.78 is 0. The van der Waals surface area contributed by atoms with Crippen LogP contribution in [0.15, 0.2) is 0 Å². The van der Waals surface area contributed by atoms with Gasteiger partial charge in [0, 0.05) is 8.80 Å². The second kappa shape index (κ2) is 10.3. The molecule has 0 amide bonds. The van der Waals surface area contributed by atoms with Gasteiger partial charge in [0.05, 0.1) is 0 Å². The van der Waals surface area contributed by atoms with Crippen LogP contribution in [0.5, 0.6) is 0 Å². The molecular weight excluding hydrogens is 172 g/mol. The van der Waals surface area contributed by atoms with E-state index >= 15 is 0 Å². The van der Waals surface area contributed by atoms with Gasteiger partial charge in [0.2, 0.25) is 0 Å². The molecule has 80 valence electrons. The van der Waals surface area contributed by atoms with Crippen molar-refractivity contribution in [3.8, 4) is 0 Å². The summed E-state index contributed by atoms with van der Waals surface area (Å²) >= 11 is 0. The predicted octanol–water partition coefficient (Wildman–Crippen LogP) is 4.61. The molecule has 0 aromatic heterocycles. The predicted molar refractivity (Wildman–Crippen MR) is 66.3 cm³/mol. The summed E-state index contributed by atoms with van der Waals surface area (Å²) in [5, 5.41) is 0. The smallest absolute Gasteiger partial charge is 0.0367 e. The first-order chi connectivity index (χ1) is 6.35. The molecule has 0 radical (unpaired) electrons. The van der Waals surface area contributed by atoms with Crippen LogP contribution in [0, 0.1) is 0 Å². The van der Waals surface area contributed by atoms with Gasteiger partial charge in [0.15, 0.2) is 0 Å². The Hall–Kier alpha value is 0.217. The summed E-state index contributed by atoms with van der Waals surface area (Å²) in [6, 6.07) is 4.76. The van der Waals surface area contributed by atoms with Crippen LogP contribution >= 0.6 is 0 Å². The maximum Gasteiger partial charge on any atom is 0.0367 e. The Balaban J connectivity index is 0.000000396. The molecule has 0 nitrogen and oxygen atoms in total. The standard InChI is InChI=1S/C9H22Si.C3H6/c1-4-7-10(8-5-2)9-6-3;1-2-3-1/h10H,4-9H2,1-3H3;1-3H2. The summed E-state index contributed by atoms with van der Waals surface area (Å²) in [6.07, 6.45) is 8.78. The number of rotatable bonds is 6. The number of hydrogen-bond acceptors (Lipinski definition) is 0. The van der Waals surface area contributed by atoms with Gasteiger partial charge in [0.25, 0.3) is 0 Å². The van der Waals surface area contributed by atoms with E-state index in [4.69, 9.17) is 0 Å². The average molecular weight is 200 g/mol. The van der Waals surface area contributed by atoms with Crippen LogP contribution in [0.1, 0.15) is 59.3 Å². The highest BCUT2D eigenvalue weighted by Crippen LogP contribution is 2.14. The van der Waals surface area contributed by atoms with Crippen molar-refractivity contribution in [3.63, 3.8) is 0 Å². The van der Waals surface area contributed by atoms with E-state index < -0.39 is 0 Å². The van der Waals surface area contributed by atoms with Crippen LogP contribution in [0.3, 0.4) is 0 Å². The molecule has 1 aliphatic rings. The Morgan fingerprint density at radius 1 is 0.692 bits per heavy atom. The van der Waals surface area contributed by atoms with Crippen LogP contribution in [0.4, 0.5) is 0 Å². The van der Waals surface area contributed by atoms with E-state index in [9.17, 15) is 0 Å². The van der Waals surface area contributed by atoms with Crippen LogP contribution in [0.25, 0.3) is 0 Å². The lowest BCUT2D eigenvalue weighted by Crippen LogP contribution is -2.09. The highest BCUT2D eigenvalue weighted by atomic mass is 28.3.